The molecule has 6 heterocycles. The number of benzene rings is 2. The number of imide groups is 1. The lowest BCUT2D eigenvalue weighted by Gasteiger charge is -2.35. The summed E-state index contributed by atoms with van der Waals surface area (Å²) in [6.45, 7) is 15.0. The highest BCUT2D eigenvalue weighted by Gasteiger charge is 2.44. The maximum atomic E-state index is 14.0. The molecule has 3 aromatic heterocycles. The van der Waals surface area contributed by atoms with Gasteiger partial charge in [-0.15, -0.1) is 32.9 Å². The highest BCUT2D eigenvalue weighted by atomic mass is 32.1. The molecular weight excluding hydrogens is 1140 g/mol. The van der Waals surface area contributed by atoms with E-state index in [1.807, 2.05) is 87.7 Å². The zero-order valence-corrected chi connectivity index (χ0v) is 51.3. The Morgan fingerprint density at radius 2 is 1.51 bits per heavy atom. The molecule has 0 bridgehead atoms. The molecule has 24 heteroatoms. The minimum atomic E-state index is -1.00. The third-order valence-corrected chi connectivity index (χ3v) is 17.0. The molecule has 456 valence electrons. The number of thiazole rings is 1. The van der Waals surface area contributed by atoms with Crippen LogP contribution in [0.2, 0.25) is 0 Å². The highest BCUT2D eigenvalue weighted by Crippen LogP contribution is 2.40. The SMILES string of the molecule is Cc1ncsc1-c1ccc(CNC(=O)[C@@H]2C[C@@H](O)CN2C(=O)[C@@H](NC(=O)COCCOCCOCCNC(=O)C[C@@H]2N=C(c3ccc(C#CCNC(=O)CCCCCN4C(=O)C=CC4=O)cc3)c3c(sc(C)c3C)-n3c(C)nnc32)C(C)(C)C)cc1. The maximum Gasteiger partial charge on any atom is 0.253 e. The molecule has 1 fully saturated rings. The maximum absolute atomic E-state index is 14.0. The lowest BCUT2D eigenvalue weighted by molar-refractivity contribution is -0.144. The van der Waals surface area contributed by atoms with Gasteiger partial charge in [0, 0.05) is 72.7 Å². The molecule has 22 nitrogen and oxygen atoms in total. The molecule has 3 aliphatic heterocycles. The summed E-state index contributed by atoms with van der Waals surface area (Å²) in [5.74, 6) is 5.01. The first-order valence-electron chi connectivity index (χ1n) is 28.8. The van der Waals surface area contributed by atoms with Crippen LogP contribution in [0.25, 0.3) is 15.4 Å². The normalized spacial score (nSPS) is 16.7. The second-order valence-electron chi connectivity index (χ2n) is 22.3. The first-order chi connectivity index (χ1) is 41.3. The van der Waals surface area contributed by atoms with Crippen molar-refractivity contribution < 1.29 is 52.9 Å². The standard InChI is InChI=1S/C62H75N11O11S2/c1-38-40(3)86-61-54(38)55(44-18-14-42(15-19-44)12-11-24-63-49(75)13-9-8-10-26-71-52(78)22-23-53(71)79)67-47(58-70-69-41(4)73(58)61)33-50(76)64-25-27-82-28-29-83-30-31-84-36-51(77)68-57(62(5,6)7)60(81)72-35-46(74)32-48(72)59(80)65-34-43-16-20-45(21-17-43)56-39(2)66-37-85-56/h14-23,37,46-48,57,74H,8-10,13,24-36H2,1-7H3,(H,63,75)(H,64,76)(H,65,80)(H,68,77)/t46-,47+,48+,57-/m1/s1. The number of hydrogen-bond donors (Lipinski definition) is 5. The van der Waals surface area contributed by atoms with Crippen molar-refractivity contribution in [2.24, 2.45) is 10.4 Å². The highest BCUT2D eigenvalue weighted by molar-refractivity contribution is 7.15. The smallest absolute Gasteiger partial charge is 0.253 e. The number of nitrogens with zero attached hydrogens (tertiary/aromatic N) is 7. The van der Waals surface area contributed by atoms with Crippen LogP contribution in [-0.4, -0.2) is 166 Å². The number of aryl methyl sites for hydroxylation is 3. The van der Waals surface area contributed by atoms with Crippen molar-refractivity contribution in [3.8, 4) is 27.3 Å². The van der Waals surface area contributed by atoms with E-state index >= 15 is 0 Å². The number of amides is 7. The number of thiophene rings is 1. The van der Waals surface area contributed by atoms with Gasteiger partial charge in [0.15, 0.2) is 5.82 Å². The predicted octanol–water partition coefficient (Wildman–Crippen LogP) is 4.90. The van der Waals surface area contributed by atoms with Crippen molar-refractivity contribution in [1.82, 2.24) is 50.8 Å². The van der Waals surface area contributed by atoms with Crippen LogP contribution in [0, 0.1) is 45.0 Å². The molecule has 5 N–H and O–H groups in total. The fourth-order valence-electron chi connectivity index (χ4n) is 10.1. The summed E-state index contributed by atoms with van der Waals surface area (Å²) < 4.78 is 18.9. The van der Waals surface area contributed by atoms with E-state index in [9.17, 15) is 38.7 Å². The van der Waals surface area contributed by atoms with E-state index in [-0.39, 0.29) is 102 Å². The summed E-state index contributed by atoms with van der Waals surface area (Å²) in [7, 11) is 0. The van der Waals surface area contributed by atoms with E-state index in [4.69, 9.17) is 19.2 Å². The van der Waals surface area contributed by atoms with Crippen molar-refractivity contribution in [1.29, 1.82) is 0 Å². The third kappa shape index (κ3) is 16.8. The number of rotatable bonds is 27. The van der Waals surface area contributed by atoms with Gasteiger partial charge in [0.2, 0.25) is 29.5 Å². The quantitative estimate of drug-likeness (QED) is 0.0266. The molecule has 2 aromatic carbocycles. The monoisotopic (exact) mass is 1210 g/mol. The van der Waals surface area contributed by atoms with E-state index in [0.29, 0.717) is 43.9 Å². The average molecular weight is 1210 g/mol. The van der Waals surface area contributed by atoms with E-state index in [1.165, 1.54) is 22.0 Å². The molecule has 5 aromatic rings. The number of aromatic nitrogens is 4. The van der Waals surface area contributed by atoms with E-state index in [0.717, 1.165) is 59.5 Å². The predicted molar refractivity (Wildman–Crippen MR) is 324 cm³/mol. The molecule has 0 spiro atoms. The van der Waals surface area contributed by atoms with E-state index in [2.05, 4.69) is 62.1 Å². The van der Waals surface area contributed by atoms with Gasteiger partial charge in [-0.25, -0.2) is 4.98 Å². The Morgan fingerprint density at radius 3 is 2.21 bits per heavy atom. The second-order valence-corrected chi connectivity index (χ2v) is 24.4. The number of aliphatic imine (C=N–C) groups is 1. The number of fused-ring (bicyclic) bond motifs is 3. The summed E-state index contributed by atoms with van der Waals surface area (Å²) in [5.41, 5.74) is 8.25. The van der Waals surface area contributed by atoms with Crippen molar-refractivity contribution >= 4 is 69.7 Å². The molecular formula is C62H75N11O11S2. The summed E-state index contributed by atoms with van der Waals surface area (Å²) >= 11 is 3.18. The van der Waals surface area contributed by atoms with Gasteiger partial charge in [0.05, 0.1) is 73.9 Å². The van der Waals surface area contributed by atoms with Gasteiger partial charge in [0.1, 0.15) is 35.6 Å². The van der Waals surface area contributed by atoms with Crippen LogP contribution in [0.15, 0.2) is 71.2 Å². The van der Waals surface area contributed by atoms with Crippen LogP contribution in [0.3, 0.4) is 0 Å². The second kappa shape index (κ2) is 30.0. The minimum Gasteiger partial charge on any atom is -0.391 e. The van der Waals surface area contributed by atoms with Crippen LogP contribution in [0.1, 0.15) is 115 Å². The number of likely N-dealkylation sites (tertiary alicyclic amines) is 1. The van der Waals surface area contributed by atoms with Crippen molar-refractivity contribution in [3.63, 3.8) is 0 Å². The van der Waals surface area contributed by atoms with Gasteiger partial charge < -0.3 is 45.5 Å². The summed E-state index contributed by atoms with van der Waals surface area (Å²) in [5, 5.41) is 31.9. The first kappa shape index (κ1) is 64.2. The number of unbranched alkanes of at least 4 members (excludes halogenated alkanes) is 2. The summed E-state index contributed by atoms with van der Waals surface area (Å²) in [4.78, 5) is 104. The van der Waals surface area contributed by atoms with Crippen LogP contribution in [0.4, 0.5) is 0 Å². The fourth-order valence-corrected chi connectivity index (χ4v) is 12.1. The number of carbonyl (C=O) groups excluding carboxylic acids is 7. The zero-order chi connectivity index (χ0) is 61.5. The Balaban J connectivity index is 0.731. The number of aliphatic hydroxyl groups is 1. The summed E-state index contributed by atoms with van der Waals surface area (Å²) in [6.07, 6.45) is 4.00. The Kier molecular flexibility index (Phi) is 22.4. The summed E-state index contributed by atoms with van der Waals surface area (Å²) in [6, 6.07) is 12.9. The van der Waals surface area contributed by atoms with Crippen molar-refractivity contribution in [2.75, 3.05) is 65.8 Å². The van der Waals surface area contributed by atoms with Crippen LogP contribution in [0.5, 0.6) is 0 Å². The molecule has 7 amide bonds. The number of carbonyl (C=O) groups is 7. The number of aliphatic hydroxyl groups excluding tert-OH is 1. The molecule has 1 saturated heterocycles. The molecule has 4 atom stereocenters. The van der Waals surface area contributed by atoms with Gasteiger partial charge >= 0.3 is 0 Å². The number of nitrogens with one attached hydrogen (secondary N) is 4. The molecule has 0 radical (unpaired) electrons. The van der Waals surface area contributed by atoms with Crippen LogP contribution in [-0.2, 0) is 54.3 Å². The molecule has 0 saturated carbocycles. The molecule has 0 aliphatic carbocycles. The van der Waals surface area contributed by atoms with Gasteiger partial charge in [-0.3, -0.25) is 48.0 Å². The van der Waals surface area contributed by atoms with E-state index < -0.39 is 47.4 Å². The molecule has 86 heavy (non-hydrogen) atoms. The average Bonchev–Trinajstić information content (AvgIpc) is 1.71. The minimum absolute atomic E-state index is 0.00445. The number of ether oxygens (including phenoxy) is 3. The topological polar surface area (TPSA) is 278 Å². The molecule has 0 unspecified atom stereocenters. The Bertz CT molecular complexity index is 3370. The fraction of sp³-hybridized carbons (Fsp3) is 0.468. The number of β-amino-alcohol motifs (C(OH)–C–C–N with tert-alkyl or cyclic N) is 1. The molecule has 3 aliphatic rings. The lowest BCUT2D eigenvalue weighted by Crippen LogP contribution is -2.58. The largest absolute Gasteiger partial charge is 0.391 e. The zero-order valence-electron chi connectivity index (χ0n) is 49.7. The van der Waals surface area contributed by atoms with Gasteiger partial charge in [0.25, 0.3) is 11.8 Å². The Hall–Kier alpha value is -7.79. The number of hydrogen-bond acceptors (Lipinski definition) is 17. The van der Waals surface area contributed by atoms with Gasteiger partial charge in [-0.2, -0.15) is 0 Å². The Labute approximate surface area is 508 Å². The molecule has 8 rings (SSSR count). The van der Waals surface area contributed by atoms with Crippen LogP contribution >= 0.6 is 22.7 Å². The van der Waals surface area contributed by atoms with Crippen molar-refractivity contribution in [2.45, 2.75) is 118 Å². The first-order valence-corrected chi connectivity index (χ1v) is 30.5. The van der Waals surface area contributed by atoms with E-state index in [1.54, 1.807) is 28.2 Å². The Morgan fingerprint density at radius 1 is 0.814 bits per heavy atom. The third-order valence-electron chi connectivity index (χ3n) is 14.8. The van der Waals surface area contributed by atoms with Crippen LogP contribution < -0.4 is 21.3 Å². The van der Waals surface area contributed by atoms with Crippen molar-refractivity contribution in [3.05, 3.63) is 116 Å². The van der Waals surface area contributed by atoms with Gasteiger partial charge in [-0.1, -0.05) is 75.4 Å². The lowest BCUT2D eigenvalue weighted by atomic mass is 9.85. The van der Waals surface area contributed by atoms with Gasteiger partial charge in [-0.05, 0) is 74.8 Å².